The molecule has 0 saturated heterocycles. The lowest BCUT2D eigenvalue weighted by Crippen LogP contribution is -2.15. The van der Waals surface area contributed by atoms with Crippen LogP contribution in [0.4, 0.5) is 0 Å². The molecule has 1 aromatic carbocycles. The number of amidine groups is 1. The van der Waals surface area contributed by atoms with Crippen LogP contribution < -0.4 is 5.73 Å². The summed E-state index contributed by atoms with van der Waals surface area (Å²) in [5.41, 5.74) is 6.95. The molecule has 0 aromatic heterocycles. The van der Waals surface area contributed by atoms with Gasteiger partial charge in [0.2, 0.25) is 0 Å². The van der Waals surface area contributed by atoms with Gasteiger partial charge in [-0.05, 0) is 24.6 Å². The minimum Gasteiger partial charge on any atom is -0.382 e. The van der Waals surface area contributed by atoms with E-state index in [0.29, 0.717) is 11.8 Å². The number of nitrogens with zero attached hydrogens (tertiary/aromatic N) is 1. The molecule has 0 unspecified atom stereocenters. The van der Waals surface area contributed by atoms with Gasteiger partial charge in [0.1, 0.15) is 0 Å². The topological polar surface area (TPSA) is 47.6 Å². The summed E-state index contributed by atoms with van der Waals surface area (Å²) >= 11 is 7.40. The first-order chi connectivity index (χ1) is 8.11. The lowest BCUT2D eigenvalue weighted by Gasteiger charge is -2.06. The van der Waals surface area contributed by atoms with Gasteiger partial charge in [-0.3, -0.25) is 4.99 Å². The van der Waals surface area contributed by atoms with Crippen LogP contribution in [0.2, 0.25) is 5.02 Å². The summed E-state index contributed by atoms with van der Waals surface area (Å²) < 4.78 is 4.99. The van der Waals surface area contributed by atoms with Gasteiger partial charge in [-0.2, -0.15) is 0 Å². The molecule has 1 aromatic rings. The molecule has 0 bridgehead atoms. The van der Waals surface area contributed by atoms with Gasteiger partial charge in [0.25, 0.3) is 0 Å². The molecule has 1 rings (SSSR count). The van der Waals surface area contributed by atoms with Crippen LogP contribution in [0.3, 0.4) is 0 Å². The molecular formula is C12H17ClN2OS. The lowest BCUT2D eigenvalue weighted by molar-refractivity contribution is 0.186. The van der Waals surface area contributed by atoms with Crippen molar-refractivity contribution < 1.29 is 4.74 Å². The number of hydrogen-bond donors (Lipinski definition) is 1. The van der Waals surface area contributed by atoms with Gasteiger partial charge in [-0.25, -0.2) is 0 Å². The van der Waals surface area contributed by atoms with E-state index in [1.807, 2.05) is 31.2 Å². The average molecular weight is 273 g/mol. The fourth-order valence-corrected chi connectivity index (χ4v) is 2.28. The molecule has 3 nitrogen and oxygen atoms in total. The molecule has 2 N–H and O–H groups in total. The zero-order valence-electron chi connectivity index (χ0n) is 10.0. The van der Waals surface area contributed by atoms with Crippen molar-refractivity contribution in [1.82, 2.24) is 0 Å². The quantitative estimate of drug-likeness (QED) is 0.662. The fourth-order valence-electron chi connectivity index (χ4n) is 1.32. The zero-order valence-corrected chi connectivity index (χ0v) is 11.6. The second kappa shape index (κ2) is 7.58. The molecular weight excluding hydrogens is 256 g/mol. The maximum absolute atomic E-state index is 5.90. The van der Waals surface area contributed by atoms with Crippen molar-refractivity contribution in [3.63, 3.8) is 0 Å². The van der Waals surface area contributed by atoms with Crippen LogP contribution in [0, 0.1) is 0 Å². The van der Waals surface area contributed by atoms with Crippen LogP contribution in [0.25, 0.3) is 0 Å². The fraction of sp³-hybridized carbons (Fsp3) is 0.417. The molecule has 0 amide bonds. The Morgan fingerprint density at radius 1 is 1.59 bits per heavy atom. The van der Waals surface area contributed by atoms with E-state index >= 15 is 0 Å². The van der Waals surface area contributed by atoms with E-state index in [4.69, 9.17) is 22.1 Å². The Kier molecular flexibility index (Phi) is 6.40. The molecule has 94 valence electrons. The molecule has 17 heavy (non-hydrogen) atoms. The molecule has 0 aliphatic rings. The van der Waals surface area contributed by atoms with E-state index in [-0.39, 0.29) is 6.04 Å². The van der Waals surface area contributed by atoms with Gasteiger partial charge in [-0.15, -0.1) is 0 Å². The molecule has 0 fully saturated rings. The number of hydrogen-bond acceptors (Lipinski definition) is 3. The van der Waals surface area contributed by atoms with E-state index in [1.165, 1.54) is 11.8 Å². The van der Waals surface area contributed by atoms with E-state index < -0.39 is 0 Å². The monoisotopic (exact) mass is 272 g/mol. The maximum atomic E-state index is 5.90. The van der Waals surface area contributed by atoms with Crippen molar-refractivity contribution in [1.29, 1.82) is 0 Å². The number of thioether (sulfide) groups is 1. The molecule has 0 aliphatic carbocycles. The van der Waals surface area contributed by atoms with Gasteiger partial charge < -0.3 is 10.5 Å². The number of halogens is 1. The summed E-state index contributed by atoms with van der Waals surface area (Å²) in [4.78, 5) is 4.30. The van der Waals surface area contributed by atoms with Gasteiger partial charge in [-0.1, -0.05) is 35.5 Å². The summed E-state index contributed by atoms with van der Waals surface area (Å²) in [5.74, 6) is 0.773. The minimum absolute atomic E-state index is 0.0897. The highest BCUT2D eigenvalue weighted by Crippen LogP contribution is 2.16. The van der Waals surface area contributed by atoms with Crippen molar-refractivity contribution in [2.24, 2.45) is 10.7 Å². The van der Waals surface area contributed by atoms with Crippen LogP contribution in [0.5, 0.6) is 0 Å². The van der Waals surface area contributed by atoms with Crippen LogP contribution in [-0.2, 0) is 10.5 Å². The molecule has 0 heterocycles. The van der Waals surface area contributed by atoms with Crippen LogP contribution in [-0.4, -0.2) is 24.9 Å². The highest BCUT2D eigenvalue weighted by atomic mass is 35.5. The number of aliphatic imine (C=N–C) groups is 1. The highest BCUT2D eigenvalue weighted by molar-refractivity contribution is 8.13. The predicted octanol–water partition coefficient (Wildman–Crippen LogP) is 2.92. The summed E-state index contributed by atoms with van der Waals surface area (Å²) in [6.45, 7) is 2.55. The third-order valence-corrected chi connectivity index (χ3v) is 3.15. The number of methoxy groups -OCH3 is 1. The van der Waals surface area contributed by atoms with Gasteiger partial charge in [0.15, 0.2) is 5.17 Å². The third kappa shape index (κ3) is 5.96. The van der Waals surface area contributed by atoms with Crippen molar-refractivity contribution in [2.75, 3.05) is 13.7 Å². The van der Waals surface area contributed by atoms with Crippen molar-refractivity contribution >= 4 is 28.5 Å². The first-order valence-corrected chi connectivity index (χ1v) is 6.67. The predicted molar refractivity (Wildman–Crippen MR) is 75.7 cm³/mol. The normalized spacial score (nSPS) is 13.7. The Labute approximate surface area is 111 Å². The Morgan fingerprint density at radius 3 is 3.00 bits per heavy atom. The Morgan fingerprint density at radius 2 is 2.35 bits per heavy atom. The lowest BCUT2D eigenvalue weighted by atomic mass is 10.2. The summed E-state index contributed by atoms with van der Waals surface area (Å²) in [5, 5.41) is 1.32. The van der Waals surface area contributed by atoms with E-state index in [9.17, 15) is 0 Å². The van der Waals surface area contributed by atoms with Crippen molar-refractivity contribution in [2.45, 2.75) is 18.7 Å². The van der Waals surface area contributed by atoms with E-state index in [2.05, 4.69) is 4.99 Å². The summed E-state index contributed by atoms with van der Waals surface area (Å²) in [7, 11) is 1.65. The average Bonchev–Trinajstić information content (AvgIpc) is 2.27. The second-order valence-electron chi connectivity index (χ2n) is 3.69. The van der Waals surface area contributed by atoms with Gasteiger partial charge in [0.05, 0.1) is 12.6 Å². The maximum Gasteiger partial charge on any atom is 0.154 e. The molecule has 1 atom stereocenters. The molecule has 0 aliphatic heterocycles. The SMILES string of the molecule is COC[C@H](C)N=C(N)SCc1cccc(Cl)c1. The van der Waals surface area contributed by atoms with Gasteiger partial charge >= 0.3 is 0 Å². The highest BCUT2D eigenvalue weighted by Gasteiger charge is 2.01. The molecule has 0 saturated carbocycles. The second-order valence-corrected chi connectivity index (χ2v) is 5.12. The smallest absolute Gasteiger partial charge is 0.154 e. The van der Waals surface area contributed by atoms with Gasteiger partial charge in [0, 0.05) is 17.9 Å². The summed E-state index contributed by atoms with van der Waals surface area (Å²) in [6, 6.07) is 7.82. The largest absolute Gasteiger partial charge is 0.382 e. The molecule has 0 spiro atoms. The van der Waals surface area contributed by atoms with Crippen LogP contribution >= 0.6 is 23.4 Å². The zero-order chi connectivity index (χ0) is 12.7. The van der Waals surface area contributed by atoms with Crippen LogP contribution in [0.1, 0.15) is 12.5 Å². The Balaban J connectivity index is 2.45. The Bertz CT molecular complexity index is 385. The Hall–Kier alpha value is -0.710. The van der Waals surface area contributed by atoms with E-state index in [0.717, 1.165) is 16.3 Å². The van der Waals surface area contributed by atoms with Crippen molar-refractivity contribution in [3.8, 4) is 0 Å². The minimum atomic E-state index is 0.0897. The molecule has 5 heteroatoms. The standard InChI is InChI=1S/C12H17ClN2OS/c1-9(7-16-2)15-12(14)17-8-10-4-3-5-11(13)6-10/h3-6,9H,7-8H2,1-2H3,(H2,14,15)/t9-/m0/s1. The number of benzene rings is 1. The van der Waals surface area contributed by atoms with Crippen molar-refractivity contribution in [3.05, 3.63) is 34.9 Å². The summed E-state index contributed by atoms with van der Waals surface area (Å²) in [6.07, 6.45) is 0. The van der Waals surface area contributed by atoms with Crippen LogP contribution in [0.15, 0.2) is 29.3 Å². The number of nitrogens with two attached hydrogens (primary N) is 1. The third-order valence-electron chi connectivity index (χ3n) is 2.03. The first-order valence-electron chi connectivity index (χ1n) is 5.31. The number of rotatable bonds is 5. The van der Waals surface area contributed by atoms with E-state index in [1.54, 1.807) is 7.11 Å². The molecule has 0 radical (unpaired) electrons. The first kappa shape index (κ1) is 14.4. The number of ether oxygens (including phenoxy) is 1.